The molecule has 0 unspecified atom stereocenters. The zero-order valence-corrected chi connectivity index (χ0v) is 19.2. The number of likely N-dealkylation sites (N-methyl/N-ethyl adjacent to an activating group) is 2. The average molecular weight is 434 g/mol. The van der Waals surface area contributed by atoms with Crippen LogP contribution < -0.4 is 9.47 Å². The lowest BCUT2D eigenvalue weighted by atomic mass is 10.1. The van der Waals surface area contributed by atoms with Crippen molar-refractivity contribution in [2.75, 3.05) is 53.0 Å². The number of carbonyl (C=O) groups is 3. The summed E-state index contributed by atoms with van der Waals surface area (Å²) in [4.78, 5) is 42.4. The van der Waals surface area contributed by atoms with Crippen molar-refractivity contribution in [2.45, 2.75) is 40.0 Å². The van der Waals surface area contributed by atoms with Gasteiger partial charge in [-0.3, -0.25) is 14.4 Å². The minimum atomic E-state index is -0.280. The third-order valence-corrected chi connectivity index (χ3v) is 5.39. The average Bonchev–Trinajstić information content (AvgIpc) is 2.79. The fraction of sp³-hybridized carbons (Fsp3) is 0.609. The molecule has 1 fully saturated rings. The maximum absolute atomic E-state index is 12.8. The maximum Gasteiger partial charge on any atom is 0.260 e. The van der Waals surface area contributed by atoms with Gasteiger partial charge in [0.05, 0.1) is 13.2 Å². The van der Waals surface area contributed by atoms with Crippen LogP contribution in [-0.4, -0.2) is 85.4 Å². The van der Waals surface area contributed by atoms with Crippen molar-refractivity contribution < 1.29 is 23.9 Å². The first-order valence-corrected chi connectivity index (χ1v) is 11.1. The van der Waals surface area contributed by atoms with Crippen LogP contribution in [0.1, 0.15) is 50.4 Å². The van der Waals surface area contributed by atoms with Gasteiger partial charge < -0.3 is 24.2 Å². The summed E-state index contributed by atoms with van der Waals surface area (Å²) >= 11 is 0. The number of hydrogen-bond acceptors (Lipinski definition) is 5. The van der Waals surface area contributed by atoms with Crippen LogP contribution in [0.15, 0.2) is 18.2 Å². The number of benzene rings is 1. The fourth-order valence-electron chi connectivity index (χ4n) is 3.57. The third-order valence-electron chi connectivity index (χ3n) is 5.39. The summed E-state index contributed by atoms with van der Waals surface area (Å²) in [6.45, 7) is 8.74. The molecule has 0 saturated carbocycles. The normalized spacial score (nSPS) is 13.5. The summed E-state index contributed by atoms with van der Waals surface area (Å²) in [5.41, 5.74) is 0.396. The SMILES string of the molecule is CCOc1cc(C(=O)N(C)CC(=O)N(CC)CC)ccc1OCC(=O)N1CCCCC1. The standard InChI is InChI=1S/C23H35N3O5/c1-5-25(6-2)21(27)16-24(4)23(29)18-11-12-19(20(15-18)30-7-3)31-17-22(28)26-13-9-8-10-14-26/h11-12,15H,5-10,13-14,16-17H2,1-4H3. The minimum Gasteiger partial charge on any atom is -0.490 e. The van der Waals surface area contributed by atoms with E-state index in [-0.39, 0.29) is 30.9 Å². The Morgan fingerprint density at radius 3 is 2.26 bits per heavy atom. The molecule has 1 aromatic rings. The summed E-state index contributed by atoms with van der Waals surface area (Å²) in [5.74, 6) is 0.408. The summed E-state index contributed by atoms with van der Waals surface area (Å²) < 4.78 is 11.4. The van der Waals surface area contributed by atoms with Gasteiger partial charge in [0.1, 0.15) is 0 Å². The van der Waals surface area contributed by atoms with Crippen LogP contribution in [-0.2, 0) is 9.59 Å². The van der Waals surface area contributed by atoms with E-state index in [2.05, 4.69) is 0 Å². The van der Waals surface area contributed by atoms with E-state index in [9.17, 15) is 14.4 Å². The number of ether oxygens (including phenoxy) is 2. The van der Waals surface area contributed by atoms with Crippen LogP contribution in [0, 0.1) is 0 Å². The highest BCUT2D eigenvalue weighted by Crippen LogP contribution is 2.29. The zero-order valence-electron chi connectivity index (χ0n) is 19.2. The van der Waals surface area contributed by atoms with E-state index in [1.165, 1.54) is 4.90 Å². The van der Waals surface area contributed by atoms with Crippen molar-refractivity contribution in [2.24, 2.45) is 0 Å². The molecule has 0 radical (unpaired) electrons. The molecule has 172 valence electrons. The predicted molar refractivity (Wildman–Crippen MR) is 118 cm³/mol. The first kappa shape index (κ1) is 24.5. The number of piperidine rings is 1. The second-order valence-corrected chi connectivity index (χ2v) is 7.55. The van der Waals surface area contributed by atoms with Crippen molar-refractivity contribution in [1.82, 2.24) is 14.7 Å². The largest absolute Gasteiger partial charge is 0.490 e. The van der Waals surface area contributed by atoms with E-state index in [4.69, 9.17) is 9.47 Å². The predicted octanol–water partition coefficient (Wildman–Crippen LogP) is 2.42. The van der Waals surface area contributed by atoms with E-state index < -0.39 is 0 Å². The van der Waals surface area contributed by atoms with Gasteiger partial charge in [0.2, 0.25) is 5.91 Å². The molecule has 1 aromatic carbocycles. The monoisotopic (exact) mass is 433 g/mol. The molecule has 1 aliphatic rings. The van der Waals surface area contributed by atoms with Crippen LogP contribution in [0.4, 0.5) is 0 Å². The Morgan fingerprint density at radius 1 is 0.968 bits per heavy atom. The first-order chi connectivity index (χ1) is 14.9. The summed E-state index contributed by atoms with van der Waals surface area (Å²) in [6.07, 6.45) is 3.21. The molecule has 1 heterocycles. The van der Waals surface area contributed by atoms with Crippen LogP contribution in [0.5, 0.6) is 11.5 Å². The molecule has 3 amide bonds. The van der Waals surface area contributed by atoms with Gasteiger partial charge in [-0.25, -0.2) is 0 Å². The molecule has 2 rings (SSSR count). The van der Waals surface area contributed by atoms with Gasteiger partial charge in [-0.15, -0.1) is 0 Å². The van der Waals surface area contributed by atoms with Gasteiger partial charge >= 0.3 is 0 Å². The Balaban J connectivity index is 2.05. The summed E-state index contributed by atoms with van der Waals surface area (Å²) in [7, 11) is 1.60. The third kappa shape index (κ3) is 6.87. The first-order valence-electron chi connectivity index (χ1n) is 11.1. The van der Waals surface area contributed by atoms with Crippen LogP contribution in [0.2, 0.25) is 0 Å². The van der Waals surface area contributed by atoms with Gasteiger partial charge in [-0.2, -0.15) is 0 Å². The lowest BCUT2D eigenvalue weighted by Crippen LogP contribution is -2.41. The second kappa shape index (κ2) is 12.2. The number of rotatable bonds is 10. The molecule has 0 aromatic heterocycles. The summed E-state index contributed by atoms with van der Waals surface area (Å²) in [6, 6.07) is 4.87. The van der Waals surface area contributed by atoms with Crippen LogP contribution in [0.3, 0.4) is 0 Å². The topological polar surface area (TPSA) is 79.4 Å². The van der Waals surface area contributed by atoms with Gasteiger partial charge in [0.25, 0.3) is 11.8 Å². The molecule has 0 N–H and O–H groups in total. The molecular weight excluding hydrogens is 398 g/mol. The Kier molecular flexibility index (Phi) is 9.62. The summed E-state index contributed by atoms with van der Waals surface area (Å²) in [5, 5.41) is 0. The van der Waals surface area contributed by atoms with E-state index >= 15 is 0 Å². The smallest absolute Gasteiger partial charge is 0.260 e. The Bertz CT molecular complexity index is 758. The van der Waals surface area contributed by atoms with Crippen LogP contribution in [0.25, 0.3) is 0 Å². The number of nitrogens with zero attached hydrogens (tertiary/aromatic N) is 3. The Morgan fingerprint density at radius 2 is 1.65 bits per heavy atom. The Hall–Kier alpha value is -2.77. The lowest BCUT2D eigenvalue weighted by molar-refractivity contribution is -0.134. The Labute approximate surface area is 185 Å². The molecule has 0 bridgehead atoms. The minimum absolute atomic E-state index is 0.00701. The van der Waals surface area contributed by atoms with E-state index in [0.717, 1.165) is 32.4 Å². The molecule has 1 aliphatic heterocycles. The molecule has 1 saturated heterocycles. The van der Waals surface area contributed by atoms with Gasteiger partial charge in [0, 0.05) is 38.8 Å². The number of amides is 3. The van der Waals surface area contributed by atoms with Crippen molar-refractivity contribution in [1.29, 1.82) is 0 Å². The maximum atomic E-state index is 12.8. The van der Waals surface area contributed by atoms with Gasteiger partial charge in [0.15, 0.2) is 18.1 Å². The number of carbonyl (C=O) groups excluding carboxylic acids is 3. The van der Waals surface area contributed by atoms with Gasteiger partial charge in [-0.1, -0.05) is 0 Å². The van der Waals surface area contributed by atoms with Gasteiger partial charge in [-0.05, 0) is 58.2 Å². The highest BCUT2D eigenvalue weighted by molar-refractivity contribution is 5.97. The second-order valence-electron chi connectivity index (χ2n) is 7.55. The van der Waals surface area contributed by atoms with E-state index in [1.54, 1.807) is 30.1 Å². The van der Waals surface area contributed by atoms with Crippen molar-refractivity contribution in [3.8, 4) is 11.5 Å². The van der Waals surface area contributed by atoms with E-state index in [0.29, 0.717) is 36.8 Å². The van der Waals surface area contributed by atoms with Crippen LogP contribution >= 0.6 is 0 Å². The lowest BCUT2D eigenvalue weighted by Gasteiger charge is -2.26. The molecule has 0 spiro atoms. The quantitative estimate of drug-likeness (QED) is 0.566. The highest BCUT2D eigenvalue weighted by Gasteiger charge is 2.21. The molecule has 31 heavy (non-hydrogen) atoms. The van der Waals surface area contributed by atoms with Crippen molar-refractivity contribution >= 4 is 17.7 Å². The number of likely N-dealkylation sites (tertiary alicyclic amines) is 1. The molecule has 0 atom stereocenters. The van der Waals surface area contributed by atoms with E-state index in [1.807, 2.05) is 25.7 Å². The zero-order chi connectivity index (χ0) is 22.8. The molecule has 8 heteroatoms. The van der Waals surface area contributed by atoms with Crippen molar-refractivity contribution in [3.05, 3.63) is 23.8 Å². The van der Waals surface area contributed by atoms with Crippen molar-refractivity contribution in [3.63, 3.8) is 0 Å². The fourth-order valence-corrected chi connectivity index (χ4v) is 3.57. The molecular formula is C23H35N3O5. The molecule has 8 nitrogen and oxygen atoms in total. The highest BCUT2D eigenvalue weighted by atomic mass is 16.5. The number of hydrogen-bond donors (Lipinski definition) is 0. The molecule has 0 aliphatic carbocycles.